The minimum absolute atomic E-state index is 0.0427. The molecule has 124 valence electrons. The average molecular weight is 324 g/mol. The van der Waals surface area contributed by atoms with E-state index in [0.29, 0.717) is 12.4 Å². The molecule has 1 unspecified atom stereocenters. The predicted molar refractivity (Wildman–Crippen MR) is 90.2 cm³/mol. The molecular formula is C17H20N6O. The molecule has 1 atom stereocenters. The molecule has 3 aromatic rings. The second kappa shape index (κ2) is 5.74. The van der Waals surface area contributed by atoms with Gasteiger partial charge in [0.1, 0.15) is 5.82 Å². The number of nitrogens with zero attached hydrogens (tertiary/aromatic N) is 6. The Kier molecular flexibility index (Phi) is 3.55. The highest BCUT2D eigenvalue weighted by molar-refractivity contribution is 5.95. The van der Waals surface area contributed by atoms with Gasteiger partial charge in [-0.2, -0.15) is 9.61 Å². The third-order valence-electron chi connectivity index (χ3n) is 4.63. The van der Waals surface area contributed by atoms with E-state index in [-0.39, 0.29) is 11.7 Å². The summed E-state index contributed by atoms with van der Waals surface area (Å²) in [6, 6.07) is 3.94. The topological polar surface area (TPSA) is 68.3 Å². The van der Waals surface area contributed by atoms with E-state index in [1.165, 1.54) is 0 Å². The molecule has 4 rings (SSSR count). The molecule has 0 saturated carbocycles. The first kappa shape index (κ1) is 14.9. The van der Waals surface area contributed by atoms with Crippen molar-refractivity contribution in [2.75, 3.05) is 18.0 Å². The lowest BCUT2D eigenvalue weighted by atomic mass is 9.93. The number of hydrogen-bond donors (Lipinski definition) is 0. The van der Waals surface area contributed by atoms with Crippen molar-refractivity contribution in [3.05, 3.63) is 42.2 Å². The Morgan fingerprint density at radius 2 is 2.21 bits per heavy atom. The number of hydrogen-bond acceptors (Lipinski definition) is 5. The Balaban J connectivity index is 1.64. The molecule has 1 saturated heterocycles. The van der Waals surface area contributed by atoms with Crippen molar-refractivity contribution in [2.24, 2.45) is 13.0 Å². The minimum Gasteiger partial charge on any atom is -0.356 e. The number of imidazole rings is 1. The van der Waals surface area contributed by atoms with Crippen molar-refractivity contribution in [1.82, 2.24) is 24.1 Å². The Morgan fingerprint density at radius 3 is 3.00 bits per heavy atom. The second-order valence-corrected chi connectivity index (χ2v) is 6.37. The van der Waals surface area contributed by atoms with Gasteiger partial charge >= 0.3 is 0 Å². The van der Waals surface area contributed by atoms with Crippen molar-refractivity contribution in [3.63, 3.8) is 0 Å². The zero-order valence-corrected chi connectivity index (χ0v) is 13.9. The van der Waals surface area contributed by atoms with E-state index in [1.54, 1.807) is 17.0 Å². The van der Waals surface area contributed by atoms with Crippen LogP contribution in [0.2, 0.25) is 0 Å². The number of carbonyl (C=O) groups excluding carboxylic acids is 1. The van der Waals surface area contributed by atoms with Gasteiger partial charge in [0, 0.05) is 56.3 Å². The number of rotatable bonds is 3. The standard InChI is InChI=1S/C17H20N6O/c1-12-10-15(23-14(20-12)5-6-19-23)22-8-3-4-13(11-22)16(24)17-18-7-9-21(17)2/h5-7,9-10,13H,3-4,8,11H2,1-2H3. The Bertz CT molecular complexity index is 896. The highest BCUT2D eigenvalue weighted by Gasteiger charge is 2.29. The maximum Gasteiger partial charge on any atom is 0.203 e. The molecule has 7 heteroatoms. The van der Waals surface area contributed by atoms with Gasteiger partial charge in [-0.25, -0.2) is 9.97 Å². The third-order valence-corrected chi connectivity index (χ3v) is 4.63. The van der Waals surface area contributed by atoms with Crippen LogP contribution in [-0.2, 0) is 7.05 Å². The summed E-state index contributed by atoms with van der Waals surface area (Å²) in [4.78, 5) is 23.7. The second-order valence-electron chi connectivity index (χ2n) is 6.37. The van der Waals surface area contributed by atoms with E-state index in [9.17, 15) is 4.79 Å². The molecule has 1 aliphatic heterocycles. The summed E-state index contributed by atoms with van der Waals surface area (Å²) in [5.41, 5.74) is 1.79. The van der Waals surface area contributed by atoms with Crippen molar-refractivity contribution in [1.29, 1.82) is 0 Å². The lowest BCUT2D eigenvalue weighted by molar-refractivity contribution is 0.0893. The van der Waals surface area contributed by atoms with E-state index in [2.05, 4.69) is 20.0 Å². The Hall–Kier alpha value is -2.70. The Morgan fingerprint density at radius 1 is 1.33 bits per heavy atom. The van der Waals surface area contributed by atoms with E-state index in [1.807, 2.05) is 36.8 Å². The largest absolute Gasteiger partial charge is 0.356 e. The van der Waals surface area contributed by atoms with Crippen LogP contribution >= 0.6 is 0 Å². The van der Waals surface area contributed by atoms with Gasteiger partial charge in [-0.1, -0.05) is 0 Å². The van der Waals surface area contributed by atoms with Gasteiger partial charge in [0.2, 0.25) is 5.78 Å². The van der Waals surface area contributed by atoms with Crippen molar-refractivity contribution in [2.45, 2.75) is 19.8 Å². The van der Waals surface area contributed by atoms with Crippen LogP contribution in [0.4, 0.5) is 5.82 Å². The van der Waals surface area contributed by atoms with Crippen molar-refractivity contribution < 1.29 is 4.79 Å². The summed E-state index contributed by atoms with van der Waals surface area (Å²) in [6.07, 6.45) is 7.12. The number of aromatic nitrogens is 5. The summed E-state index contributed by atoms with van der Waals surface area (Å²) < 4.78 is 3.64. The number of anilines is 1. The molecule has 0 bridgehead atoms. The van der Waals surface area contributed by atoms with Gasteiger partial charge in [0.05, 0.1) is 6.20 Å². The van der Waals surface area contributed by atoms with Crippen molar-refractivity contribution in [3.8, 4) is 0 Å². The molecule has 0 spiro atoms. The number of ketones is 1. The van der Waals surface area contributed by atoms with Crippen LogP contribution in [0, 0.1) is 12.8 Å². The maximum atomic E-state index is 12.8. The van der Waals surface area contributed by atoms with Gasteiger partial charge < -0.3 is 9.47 Å². The molecule has 0 aliphatic carbocycles. The zero-order chi connectivity index (χ0) is 16.7. The summed E-state index contributed by atoms with van der Waals surface area (Å²) in [6.45, 7) is 3.59. The van der Waals surface area contributed by atoms with Crippen LogP contribution in [0.1, 0.15) is 29.2 Å². The fourth-order valence-electron chi connectivity index (χ4n) is 3.43. The lowest BCUT2D eigenvalue weighted by Gasteiger charge is -2.33. The van der Waals surface area contributed by atoms with Crippen LogP contribution in [0.3, 0.4) is 0 Å². The first-order valence-electron chi connectivity index (χ1n) is 8.21. The van der Waals surface area contributed by atoms with Crippen LogP contribution in [0.15, 0.2) is 30.7 Å². The molecule has 1 aliphatic rings. The Labute approximate surface area is 139 Å². The molecule has 4 heterocycles. The highest BCUT2D eigenvalue weighted by Crippen LogP contribution is 2.26. The molecule has 7 nitrogen and oxygen atoms in total. The first-order valence-corrected chi connectivity index (χ1v) is 8.21. The highest BCUT2D eigenvalue weighted by atomic mass is 16.1. The number of aryl methyl sites for hydroxylation is 2. The van der Waals surface area contributed by atoms with Crippen LogP contribution in [0.25, 0.3) is 5.65 Å². The molecule has 3 aromatic heterocycles. The van der Waals surface area contributed by atoms with Crippen LogP contribution < -0.4 is 4.90 Å². The van der Waals surface area contributed by atoms with Crippen LogP contribution in [-0.4, -0.2) is 43.0 Å². The fourth-order valence-corrected chi connectivity index (χ4v) is 3.43. The molecule has 0 radical (unpaired) electrons. The quantitative estimate of drug-likeness (QED) is 0.688. The van der Waals surface area contributed by atoms with Gasteiger partial charge in [-0.15, -0.1) is 0 Å². The smallest absolute Gasteiger partial charge is 0.203 e. The van der Waals surface area contributed by atoms with Gasteiger partial charge in [-0.3, -0.25) is 4.79 Å². The third kappa shape index (κ3) is 2.46. The summed E-state index contributed by atoms with van der Waals surface area (Å²) in [5.74, 6) is 1.62. The van der Waals surface area contributed by atoms with E-state index in [0.717, 1.165) is 36.5 Å². The van der Waals surface area contributed by atoms with Crippen molar-refractivity contribution >= 4 is 17.2 Å². The number of piperidine rings is 1. The summed E-state index contributed by atoms with van der Waals surface area (Å²) >= 11 is 0. The summed E-state index contributed by atoms with van der Waals surface area (Å²) in [5, 5.41) is 4.38. The number of carbonyl (C=O) groups is 1. The van der Waals surface area contributed by atoms with E-state index >= 15 is 0 Å². The predicted octanol–water partition coefficient (Wildman–Crippen LogP) is 1.87. The first-order chi connectivity index (χ1) is 11.6. The van der Waals surface area contributed by atoms with Gasteiger partial charge in [0.15, 0.2) is 11.5 Å². The lowest BCUT2D eigenvalue weighted by Crippen LogP contribution is -2.40. The van der Waals surface area contributed by atoms with Crippen LogP contribution in [0.5, 0.6) is 0 Å². The molecule has 0 aromatic carbocycles. The molecule has 0 amide bonds. The molecule has 1 fully saturated rings. The average Bonchev–Trinajstić information content (AvgIpc) is 3.22. The van der Waals surface area contributed by atoms with E-state index in [4.69, 9.17) is 0 Å². The monoisotopic (exact) mass is 324 g/mol. The van der Waals surface area contributed by atoms with Gasteiger partial charge in [0.25, 0.3) is 0 Å². The number of fused-ring (bicyclic) bond motifs is 1. The number of Topliss-reactive ketones (excluding diaryl/α,β-unsaturated/α-hetero) is 1. The minimum atomic E-state index is -0.0427. The van der Waals surface area contributed by atoms with Gasteiger partial charge in [-0.05, 0) is 19.8 Å². The molecule has 0 N–H and O–H groups in total. The molecule has 24 heavy (non-hydrogen) atoms. The fraction of sp³-hybridized carbons (Fsp3) is 0.412. The summed E-state index contributed by atoms with van der Waals surface area (Å²) in [7, 11) is 1.86. The molecular weight excluding hydrogens is 304 g/mol. The van der Waals surface area contributed by atoms with E-state index < -0.39 is 0 Å². The SMILES string of the molecule is Cc1cc(N2CCCC(C(=O)c3nccn3C)C2)n2nccc2n1. The normalized spacial score (nSPS) is 18.2. The maximum absolute atomic E-state index is 12.8. The zero-order valence-electron chi connectivity index (χ0n) is 13.9.